The number of nitrogens with one attached hydrogen (secondary N) is 1. The fourth-order valence-corrected chi connectivity index (χ4v) is 2.40. The summed E-state index contributed by atoms with van der Waals surface area (Å²) in [6, 6.07) is 7.78. The van der Waals surface area contributed by atoms with E-state index in [-0.39, 0.29) is 12.6 Å². The molecule has 1 aliphatic heterocycles. The number of piperidine rings is 1. The van der Waals surface area contributed by atoms with E-state index in [2.05, 4.69) is 5.32 Å². The van der Waals surface area contributed by atoms with E-state index in [9.17, 15) is 0 Å². The Balaban J connectivity index is 1.87. The van der Waals surface area contributed by atoms with Gasteiger partial charge in [-0.3, -0.25) is 0 Å². The summed E-state index contributed by atoms with van der Waals surface area (Å²) in [5.74, 6) is 1.53. The standard InChI is InChI=1S/C15H24N2O2/c16-15(6-9-18)13-2-1-3-14(10-13)19-11-12-4-7-17-8-5-12/h1-3,10,12,15,17-18H,4-9,11,16H2/t15-/m1/s1. The van der Waals surface area contributed by atoms with Gasteiger partial charge in [0, 0.05) is 12.6 Å². The van der Waals surface area contributed by atoms with Crippen LogP contribution in [0.25, 0.3) is 0 Å². The molecule has 0 aromatic heterocycles. The number of aliphatic hydroxyl groups is 1. The van der Waals surface area contributed by atoms with Crippen LogP contribution in [-0.4, -0.2) is 31.4 Å². The van der Waals surface area contributed by atoms with Gasteiger partial charge in [0.05, 0.1) is 6.61 Å². The van der Waals surface area contributed by atoms with E-state index < -0.39 is 0 Å². The second-order valence-corrected chi connectivity index (χ2v) is 5.20. The van der Waals surface area contributed by atoms with Gasteiger partial charge in [-0.05, 0) is 56.0 Å². The molecule has 0 unspecified atom stereocenters. The lowest BCUT2D eigenvalue weighted by Crippen LogP contribution is -2.30. The van der Waals surface area contributed by atoms with Crippen LogP contribution in [0.1, 0.15) is 30.9 Å². The second kappa shape index (κ2) is 7.48. The van der Waals surface area contributed by atoms with Gasteiger partial charge < -0.3 is 20.9 Å². The van der Waals surface area contributed by atoms with Crippen molar-refractivity contribution in [3.8, 4) is 5.75 Å². The van der Waals surface area contributed by atoms with Gasteiger partial charge in [-0.25, -0.2) is 0 Å². The molecular weight excluding hydrogens is 240 g/mol. The normalized spacial score (nSPS) is 18.2. The van der Waals surface area contributed by atoms with E-state index in [1.54, 1.807) is 0 Å². The van der Waals surface area contributed by atoms with Crippen LogP contribution in [0.5, 0.6) is 5.75 Å². The molecule has 1 aromatic rings. The molecule has 4 heteroatoms. The molecule has 1 heterocycles. The average Bonchev–Trinajstić information content (AvgIpc) is 2.47. The molecule has 1 fully saturated rings. The maximum atomic E-state index is 8.92. The summed E-state index contributed by atoms with van der Waals surface area (Å²) >= 11 is 0. The lowest BCUT2D eigenvalue weighted by atomic mass is 9.99. The highest BCUT2D eigenvalue weighted by molar-refractivity contribution is 5.30. The molecule has 1 aromatic carbocycles. The van der Waals surface area contributed by atoms with Crippen LogP contribution in [0, 0.1) is 5.92 Å². The third-order valence-electron chi connectivity index (χ3n) is 3.67. The van der Waals surface area contributed by atoms with Crippen LogP contribution in [0.4, 0.5) is 0 Å². The molecule has 0 saturated carbocycles. The topological polar surface area (TPSA) is 67.5 Å². The van der Waals surface area contributed by atoms with Gasteiger partial charge in [0.25, 0.3) is 0 Å². The minimum Gasteiger partial charge on any atom is -0.493 e. The second-order valence-electron chi connectivity index (χ2n) is 5.20. The summed E-state index contributed by atoms with van der Waals surface area (Å²) in [5, 5.41) is 12.3. The molecule has 0 aliphatic carbocycles. The zero-order valence-corrected chi connectivity index (χ0v) is 11.3. The Morgan fingerprint density at radius 3 is 2.89 bits per heavy atom. The Bertz CT molecular complexity index is 378. The van der Waals surface area contributed by atoms with Gasteiger partial charge in [0.2, 0.25) is 0 Å². The van der Waals surface area contributed by atoms with E-state index in [1.165, 1.54) is 12.8 Å². The van der Waals surface area contributed by atoms with Crippen LogP contribution >= 0.6 is 0 Å². The third-order valence-corrected chi connectivity index (χ3v) is 3.67. The number of hydrogen-bond donors (Lipinski definition) is 3. The van der Waals surface area contributed by atoms with Crippen molar-refractivity contribution in [3.05, 3.63) is 29.8 Å². The number of nitrogens with two attached hydrogens (primary N) is 1. The molecule has 1 atom stereocenters. The Morgan fingerprint density at radius 1 is 1.37 bits per heavy atom. The molecule has 1 aliphatic rings. The first-order chi connectivity index (χ1) is 9.29. The highest BCUT2D eigenvalue weighted by atomic mass is 16.5. The van der Waals surface area contributed by atoms with Crippen molar-refractivity contribution in [3.63, 3.8) is 0 Å². The first-order valence-electron chi connectivity index (χ1n) is 7.09. The molecule has 1 saturated heterocycles. The number of ether oxygens (including phenoxy) is 1. The van der Waals surface area contributed by atoms with Crippen LogP contribution in [0.2, 0.25) is 0 Å². The predicted molar refractivity (Wildman–Crippen MR) is 76.2 cm³/mol. The number of rotatable bonds is 6. The molecule has 0 radical (unpaired) electrons. The SMILES string of the molecule is N[C@H](CCO)c1cccc(OCC2CCNCC2)c1. The monoisotopic (exact) mass is 264 g/mol. The molecular formula is C15H24N2O2. The van der Waals surface area contributed by atoms with Gasteiger partial charge in [0.15, 0.2) is 0 Å². The summed E-state index contributed by atoms with van der Waals surface area (Å²) in [7, 11) is 0. The number of hydrogen-bond acceptors (Lipinski definition) is 4. The van der Waals surface area contributed by atoms with Crippen molar-refractivity contribution < 1.29 is 9.84 Å². The average molecular weight is 264 g/mol. The summed E-state index contributed by atoms with van der Waals surface area (Å²) < 4.78 is 5.87. The zero-order chi connectivity index (χ0) is 13.5. The fourth-order valence-electron chi connectivity index (χ4n) is 2.40. The van der Waals surface area contributed by atoms with Crippen molar-refractivity contribution in [1.82, 2.24) is 5.32 Å². The smallest absolute Gasteiger partial charge is 0.119 e. The molecule has 4 nitrogen and oxygen atoms in total. The lowest BCUT2D eigenvalue weighted by Gasteiger charge is -2.23. The summed E-state index contributed by atoms with van der Waals surface area (Å²) in [6.07, 6.45) is 2.95. The molecule has 2 rings (SSSR count). The van der Waals surface area contributed by atoms with Gasteiger partial charge in [0.1, 0.15) is 5.75 Å². The van der Waals surface area contributed by atoms with E-state index >= 15 is 0 Å². The third kappa shape index (κ3) is 4.49. The van der Waals surface area contributed by atoms with Crippen LogP contribution in [-0.2, 0) is 0 Å². The maximum Gasteiger partial charge on any atom is 0.119 e. The van der Waals surface area contributed by atoms with Crippen molar-refractivity contribution >= 4 is 0 Å². The van der Waals surface area contributed by atoms with Crippen LogP contribution < -0.4 is 15.8 Å². The summed E-state index contributed by atoms with van der Waals surface area (Å²) in [6.45, 7) is 3.08. The Labute approximate surface area is 115 Å². The molecule has 0 spiro atoms. The predicted octanol–water partition coefficient (Wildman–Crippen LogP) is 1.45. The number of benzene rings is 1. The first-order valence-corrected chi connectivity index (χ1v) is 7.09. The van der Waals surface area contributed by atoms with E-state index in [0.29, 0.717) is 12.3 Å². The first kappa shape index (κ1) is 14.3. The quantitative estimate of drug-likeness (QED) is 0.727. The van der Waals surface area contributed by atoms with Crippen LogP contribution in [0.3, 0.4) is 0 Å². The van der Waals surface area contributed by atoms with Gasteiger partial charge in [-0.2, -0.15) is 0 Å². The summed E-state index contributed by atoms with van der Waals surface area (Å²) in [5.41, 5.74) is 7.01. The Morgan fingerprint density at radius 2 is 2.16 bits per heavy atom. The molecule has 0 bridgehead atoms. The minimum absolute atomic E-state index is 0.112. The van der Waals surface area contributed by atoms with Gasteiger partial charge in [-0.1, -0.05) is 12.1 Å². The molecule has 4 N–H and O–H groups in total. The van der Waals surface area contributed by atoms with Crippen molar-refractivity contribution in [2.75, 3.05) is 26.3 Å². The Kier molecular flexibility index (Phi) is 5.63. The maximum absolute atomic E-state index is 8.92. The lowest BCUT2D eigenvalue weighted by molar-refractivity contribution is 0.215. The minimum atomic E-state index is -0.118. The van der Waals surface area contributed by atoms with Crippen molar-refractivity contribution in [2.24, 2.45) is 11.7 Å². The molecule has 106 valence electrons. The molecule has 0 amide bonds. The highest BCUT2D eigenvalue weighted by Crippen LogP contribution is 2.21. The van der Waals surface area contributed by atoms with Crippen LogP contribution in [0.15, 0.2) is 24.3 Å². The van der Waals surface area contributed by atoms with Gasteiger partial charge >= 0.3 is 0 Å². The Hall–Kier alpha value is -1.10. The fraction of sp³-hybridized carbons (Fsp3) is 0.600. The van der Waals surface area contributed by atoms with E-state index in [0.717, 1.165) is 31.0 Å². The number of aliphatic hydroxyl groups excluding tert-OH is 1. The highest BCUT2D eigenvalue weighted by Gasteiger charge is 2.14. The van der Waals surface area contributed by atoms with Crippen molar-refractivity contribution in [2.45, 2.75) is 25.3 Å². The summed E-state index contributed by atoms with van der Waals surface area (Å²) in [4.78, 5) is 0. The van der Waals surface area contributed by atoms with Gasteiger partial charge in [-0.15, -0.1) is 0 Å². The van der Waals surface area contributed by atoms with Crippen molar-refractivity contribution in [1.29, 1.82) is 0 Å². The van der Waals surface area contributed by atoms with E-state index in [1.807, 2.05) is 24.3 Å². The van der Waals surface area contributed by atoms with E-state index in [4.69, 9.17) is 15.6 Å². The largest absolute Gasteiger partial charge is 0.493 e. The zero-order valence-electron chi connectivity index (χ0n) is 11.3. The molecule has 19 heavy (non-hydrogen) atoms.